The quantitative estimate of drug-likeness (QED) is 0.726. The Morgan fingerprint density at radius 3 is 2.35 bits per heavy atom. The van der Waals surface area contributed by atoms with Crippen molar-refractivity contribution in [3.05, 3.63) is 48.0 Å². The molecule has 0 bridgehead atoms. The molecule has 0 saturated carbocycles. The normalized spacial score (nSPS) is 11.2. The fraction of sp³-hybridized carbons (Fsp3) is 0.188. The number of alkyl halides is 5. The number of carbonyl (C=O) groups excluding carboxylic acids is 1. The van der Waals surface area contributed by atoms with Crippen molar-refractivity contribution < 1.29 is 36.2 Å². The Morgan fingerprint density at radius 1 is 1.04 bits per heavy atom. The predicted molar refractivity (Wildman–Crippen MR) is 83.7 cm³/mol. The number of benzene rings is 2. The number of urea groups is 1. The second-order valence-electron chi connectivity index (χ2n) is 4.87. The second kappa shape index (κ2) is 7.89. The van der Waals surface area contributed by atoms with Crippen LogP contribution in [0, 0.1) is 0 Å². The van der Waals surface area contributed by atoms with Gasteiger partial charge >= 0.3 is 18.8 Å². The zero-order valence-corrected chi connectivity index (χ0v) is 13.2. The molecule has 0 aliphatic heterocycles. The number of anilines is 2. The highest BCUT2D eigenvalue weighted by Crippen LogP contribution is 2.35. The van der Waals surface area contributed by atoms with E-state index >= 15 is 0 Å². The number of ether oxygens (including phenoxy) is 2. The van der Waals surface area contributed by atoms with Gasteiger partial charge in [0.05, 0.1) is 18.4 Å². The molecule has 2 aromatic rings. The maximum Gasteiger partial charge on any atom is 0.418 e. The number of para-hydroxylation sites is 1. The zero-order chi connectivity index (χ0) is 19.3. The van der Waals surface area contributed by atoms with Crippen molar-refractivity contribution in [3.63, 3.8) is 0 Å². The summed E-state index contributed by atoms with van der Waals surface area (Å²) in [7, 11) is 1.24. The summed E-state index contributed by atoms with van der Waals surface area (Å²) in [4.78, 5) is 11.9. The first-order valence-corrected chi connectivity index (χ1v) is 7.08. The average Bonchev–Trinajstić information content (AvgIpc) is 2.54. The third-order valence-corrected chi connectivity index (χ3v) is 3.12. The summed E-state index contributed by atoms with van der Waals surface area (Å²) in [5, 5.41) is 4.30. The molecule has 0 fully saturated rings. The van der Waals surface area contributed by atoms with E-state index in [0.717, 1.165) is 18.2 Å². The molecule has 0 spiro atoms. The van der Waals surface area contributed by atoms with Gasteiger partial charge in [0.15, 0.2) is 11.5 Å². The third-order valence-electron chi connectivity index (χ3n) is 3.12. The Balaban J connectivity index is 2.16. The molecule has 2 amide bonds. The highest BCUT2D eigenvalue weighted by Gasteiger charge is 2.33. The van der Waals surface area contributed by atoms with Gasteiger partial charge in [0.25, 0.3) is 0 Å². The summed E-state index contributed by atoms with van der Waals surface area (Å²) >= 11 is 0. The Morgan fingerprint density at radius 2 is 1.73 bits per heavy atom. The van der Waals surface area contributed by atoms with Crippen molar-refractivity contribution in [1.29, 1.82) is 0 Å². The maximum atomic E-state index is 12.9. The fourth-order valence-corrected chi connectivity index (χ4v) is 2.07. The highest BCUT2D eigenvalue weighted by molar-refractivity contribution is 6.00. The summed E-state index contributed by atoms with van der Waals surface area (Å²) in [6.07, 6.45) is -4.65. The minimum Gasteiger partial charge on any atom is -0.493 e. The lowest BCUT2D eigenvalue weighted by Crippen LogP contribution is -2.21. The number of halogens is 5. The maximum absolute atomic E-state index is 12.9. The SMILES string of the molecule is COc1ccc(NC(=O)Nc2ccccc2C(F)(F)F)cc1OC(F)F. The van der Waals surface area contributed by atoms with Gasteiger partial charge in [0.2, 0.25) is 0 Å². The standard InChI is InChI=1S/C16H13F5N2O3/c1-25-12-7-6-9(8-13(12)26-14(17)18)22-15(24)23-11-5-3-2-4-10(11)16(19,20)21/h2-8,14H,1H3,(H2,22,23,24). The minimum absolute atomic E-state index is 0.00123. The van der Waals surface area contributed by atoms with Gasteiger partial charge in [-0.25, -0.2) is 4.79 Å². The van der Waals surface area contributed by atoms with E-state index in [0.29, 0.717) is 0 Å². The number of nitrogens with one attached hydrogen (secondary N) is 2. The van der Waals surface area contributed by atoms with E-state index in [4.69, 9.17) is 4.74 Å². The number of methoxy groups -OCH3 is 1. The first-order valence-electron chi connectivity index (χ1n) is 7.08. The van der Waals surface area contributed by atoms with Gasteiger partial charge in [0.1, 0.15) is 0 Å². The molecular weight excluding hydrogens is 363 g/mol. The van der Waals surface area contributed by atoms with Crippen LogP contribution in [0.3, 0.4) is 0 Å². The van der Waals surface area contributed by atoms with Crippen molar-refractivity contribution >= 4 is 17.4 Å². The average molecular weight is 376 g/mol. The van der Waals surface area contributed by atoms with Crippen LogP contribution in [0.25, 0.3) is 0 Å². The number of hydrogen-bond acceptors (Lipinski definition) is 3. The Hall–Kier alpha value is -3.04. The fourth-order valence-electron chi connectivity index (χ4n) is 2.07. The van der Waals surface area contributed by atoms with Gasteiger partial charge in [-0.15, -0.1) is 0 Å². The van der Waals surface area contributed by atoms with Crippen molar-refractivity contribution in [2.24, 2.45) is 0 Å². The van der Waals surface area contributed by atoms with Crippen LogP contribution in [0.1, 0.15) is 5.56 Å². The monoisotopic (exact) mass is 376 g/mol. The molecule has 0 unspecified atom stereocenters. The zero-order valence-electron chi connectivity index (χ0n) is 13.2. The topological polar surface area (TPSA) is 59.6 Å². The van der Waals surface area contributed by atoms with Gasteiger partial charge in [0, 0.05) is 11.8 Å². The molecule has 0 aliphatic carbocycles. The minimum atomic E-state index is -4.65. The van der Waals surface area contributed by atoms with E-state index in [9.17, 15) is 26.7 Å². The van der Waals surface area contributed by atoms with Crippen LogP contribution in [0.4, 0.5) is 38.1 Å². The molecule has 0 aromatic heterocycles. The van der Waals surface area contributed by atoms with Crippen LogP contribution in [-0.2, 0) is 6.18 Å². The molecule has 0 aliphatic rings. The third kappa shape index (κ3) is 4.98. The van der Waals surface area contributed by atoms with Crippen molar-refractivity contribution in [2.75, 3.05) is 17.7 Å². The highest BCUT2D eigenvalue weighted by atomic mass is 19.4. The van der Waals surface area contributed by atoms with Crippen LogP contribution in [0.2, 0.25) is 0 Å². The van der Waals surface area contributed by atoms with Gasteiger partial charge in [-0.1, -0.05) is 12.1 Å². The Bertz CT molecular complexity index is 781. The molecular formula is C16H13F5N2O3. The molecule has 0 heterocycles. The van der Waals surface area contributed by atoms with E-state index in [1.807, 2.05) is 0 Å². The van der Waals surface area contributed by atoms with E-state index in [1.165, 1.54) is 31.4 Å². The first kappa shape index (κ1) is 19.3. The van der Waals surface area contributed by atoms with Crippen LogP contribution in [-0.4, -0.2) is 19.8 Å². The van der Waals surface area contributed by atoms with E-state index in [2.05, 4.69) is 15.4 Å². The smallest absolute Gasteiger partial charge is 0.418 e. The van der Waals surface area contributed by atoms with Gasteiger partial charge < -0.3 is 20.1 Å². The van der Waals surface area contributed by atoms with Gasteiger partial charge in [-0.05, 0) is 24.3 Å². The molecule has 0 atom stereocenters. The van der Waals surface area contributed by atoms with Crippen molar-refractivity contribution in [3.8, 4) is 11.5 Å². The van der Waals surface area contributed by atoms with Crippen molar-refractivity contribution in [1.82, 2.24) is 0 Å². The predicted octanol–water partition coefficient (Wildman–Crippen LogP) is 4.96. The molecule has 2 N–H and O–H groups in total. The largest absolute Gasteiger partial charge is 0.493 e. The lowest BCUT2D eigenvalue weighted by atomic mass is 10.1. The van der Waals surface area contributed by atoms with E-state index in [1.54, 1.807) is 0 Å². The number of hydrogen-bond donors (Lipinski definition) is 2. The Kier molecular flexibility index (Phi) is 5.86. The molecule has 140 valence electrons. The van der Waals surface area contributed by atoms with E-state index < -0.39 is 30.1 Å². The molecule has 2 aromatic carbocycles. The molecule has 0 radical (unpaired) electrons. The van der Waals surface area contributed by atoms with Crippen LogP contribution < -0.4 is 20.1 Å². The van der Waals surface area contributed by atoms with Crippen LogP contribution in [0.5, 0.6) is 11.5 Å². The molecule has 0 saturated heterocycles. The van der Waals surface area contributed by atoms with Crippen LogP contribution in [0.15, 0.2) is 42.5 Å². The number of rotatable bonds is 5. The summed E-state index contributed by atoms with van der Waals surface area (Å²) in [6, 6.07) is 7.05. The Labute approximate surface area is 144 Å². The molecule has 26 heavy (non-hydrogen) atoms. The lowest BCUT2D eigenvalue weighted by molar-refractivity contribution is -0.136. The number of carbonyl (C=O) groups is 1. The van der Waals surface area contributed by atoms with Crippen molar-refractivity contribution in [2.45, 2.75) is 12.8 Å². The van der Waals surface area contributed by atoms with Gasteiger partial charge in [-0.2, -0.15) is 22.0 Å². The molecule has 10 heteroatoms. The molecule has 2 rings (SSSR count). The summed E-state index contributed by atoms with van der Waals surface area (Å²) in [5.74, 6) is -0.338. The number of amides is 2. The van der Waals surface area contributed by atoms with Gasteiger partial charge in [-0.3, -0.25) is 0 Å². The summed E-state index contributed by atoms with van der Waals surface area (Å²) in [6.45, 7) is -3.12. The summed E-state index contributed by atoms with van der Waals surface area (Å²) in [5.41, 5.74) is -1.45. The lowest BCUT2D eigenvalue weighted by Gasteiger charge is -2.15. The van der Waals surface area contributed by atoms with E-state index in [-0.39, 0.29) is 17.2 Å². The first-order chi connectivity index (χ1) is 12.2. The summed E-state index contributed by atoms with van der Waals surface area (Å²) < 4.78 is 72.6. The van der Waals surface area contributed by atoms with Crippen LogP contribution >= 0.6 is 0 Å². The second-order valence-corrected chi connectivity index (χ2v) is 4.87. The molecule has 5 nitrogen and oxygen atoms in total.